The van der Waals surface area contributed by atoms with Crippen molar-refractivity contribution in [3.63, 3.8) is 0 Å². The number of carboxylic acids is 1. The molecule has 44 heavy (non-hydrogen) atoms. The van der Waals surface area contributed by atoms with Gasteiger partial charge in [-0.25, -0.2) is 4.21 Å². The molecule has 0 aromatic heterocycles. The number of thiol groups is 1. The average Bonchev–Trinajstić information content (AvgIpc) is 3.31. The van der Waals surface area contributed by atoms with E-state index in [-0.39, 0.29) is 12.2 Å². The lowest BCUT2D eigenvalue weighted by Crippen LogP contribution is -2.45. The van der Waals surface area contributed by atoms with Crippen molar-refractivity contribution in [1.82, 2.24) is 9.62 Å². The Morgan fingerprint density at radius 3 is 2.30 bits per heavy atom. The second-order valence-electron chi connectivity index (χ2n) is 9.95. The van der Waals surface area contributed by atoms with Crippen molar-refractivity contribution in [1.29, 1.82) is 0 Å². The molecule has 1 aliphatic rings. The van der Waals surface area contributed by atoms with Gasteiger partial charge >= 0.3 is 5.97 Å². The standard InChI is InChI=1S/C34H29ClN2O5S2/c35-29-9-5-4-8-27(29)22-42-28-17-15-26(16-18-28)31(38)19-14-23-10-12-25(13-11-23)21-32-36-34(43)37(44(32)41)30(33(39)40)20-24-6-2-1-3-7-24/h1-19,21,30,34,36,43H,20,22H2,(H,39,40)/b19-14+,32-21-/t30?,34-,44?/m0/s1. The summed E-state index contributed by atoms with van der Waals surface area (Å²) >= 11 is 10.6. The van der Waals surface area contributed by atoms with Gasteiger partial charge in [0.1, 0.15) is 39.9 Å². The molecule has 2 N–H and O–H groups in total. The average molecular weight is 645 g/mol. The van der Waals surface area contributed by atoms with Crippen LogP contribution in [-0.4, -0.2) is 36.9 Å². The number of aliphatic carboxylic acids is 1. The highest BCUT2D eigenvalue weighted by atomic mass is 35.5. The topological polar surface area (TPSA) is 95.9 Å². The maximum absolute atomic E-state index is 13.3. The number of nitrogens with zero attached hydrogens (tertiary/aromatic N) is 1. The summed E-state index contributed by atoms with van der Waals surface area (Å²) in [5.41, 5.74) is 3.07. The number of carboxylic acid groups (broad SMARTS) is 1. The predicted molar refractivity (Wildman–Crippen MR) is 177 cm³/mol. The molecule has 0 aliphatic carbocycles. The molecule has 0 spiro atoms. The van der Waals surface area contributed by atoms with Gasteiger partial charge in [0.2, 0.25) is 0 Å². The highest BCUT2D eigenvalue weighted by molar-refractivity contribution is 7.89. The number of allylic oxidation sites excluding steroid dienone is 1. The monoisotopic (exact) mass is 644 g/mol. The number of benzene rings is 4. The molecule has 1 aliphatic heterocycles. The number of hydrogen-bond acceptors (Lipinski definition) is 6. The van der Waals surface area contributed by atoms with E-state index in [1.165, 1.54) is 10.4 Å². The van der Waals surface area contributed by atoms with Crippen LogP contribution in [0.1, 0.15) is 32.6 Å². The lowest BCUT2D eigenvalue weighted by Gasteiger charge is -2.24. The lowest BCUT2D eigenvalue weighted by molar-refractivity contribution is -0.141. The van der Waals surface area contributed by atoms with E-state index in [9.17, 15) is 18.9 Å². The van der Waals surface area contributed by atoms with E-state index in [0.717, 1.165) is 22.3 Å². The van der Waals surface area contributed by atoms with Crippen LogP contribution in [0.4, 0.5) is 0 Å². The van der Waals surface area contributed by atoms with Gasteiger partial charge in [0.25, 0.3) is 0 Å². The summed E-state index contributed by atoms with van der Waals surface area (Å²) < 4.78 is 20.4. The van der Waals surface area contributed by atoms with Gasteiger partial charge in [-0.3, -0.25) is 9.59 Å². The Balaban J connectivity index is 1.19. The van der Waals surface area contributed by atoms with Crippen molar-refractivity contribution in [2.75, 3.05) is 0 Å². The van der Waals surface area contributed by atoms with Gasteiger partial charge in [-0.2, -0.15) is 4.31 Å². The van der Waals surface area contributed by atoms with Crippen LogP contribution >= 0.6 is 24.2 Å². The van der Waals surface area contributed by atoms with Gasteiger partial charge in [0.05, 0.1) is 0 Å². The third-order valence-electron chi connectivity index (χ3n) is 6.91. The smallest absolute Gasteiger partial charge is 0.322 e. The van der Waals surface area contributed by atoms with Crippen LogP contribution in [0, 0.1) is 0 Å². The molecule has 7 nitrogen and oxygen atoms in total. The third kappa shape index (κ3) is 7.86. The molecule has 4 aromatic carbocycles. The normalized spacial score (nSPS) is 18.3. The van der Waals surface area contributed by atoms with Crippen LogP contribution in [0.2, 0.25) is 5.02 Å². The molecule has 2 unspecified atom stereocenters. The molecule has 4 aromatic rings. The molecular weight excluding hydrogens is 616 g/mol. The lowest BCUT2D eigenvalue weighted by atomic mass is 10.1. The van der Waals surface area contributed by atoms with E-state index in [1.54, 1.807) is 36.4 Å². The highest BCUT2D eigenvalue weighted by Gasteiger charge is 2.41. The Morgan fingerprint density at radius 2 is 1.61 bits per heavy atom. The quantitative estimate of drug-likeness (QED) is 0.0969. The van der Waals surface area contributed by atoms with E-state index in [2.05, 4.69) is 17.9 Å². The number of rotatable bonds is 11. The number of ketones is 1. The number of ether oxygens (including phenoxy) is 1. The van der Waals surface area contributed by atoms with Gasteiger partial charge < -0.3 is 15.2 Å². The SMILES string of the molecule is O=C(/C=C/c1ccc(/C=C2/N[C@H](S)N(C(Cc3ccccc3)C(=O)O)S2=O)cc1)c1ccc(OCc2ccccc2Cl)cc1. The molecule has 1 fully saturated rings. The Morgan fingerprint density at radius 1 is 0.955 bits per heavy atom. The fourth-order valence-corrected chi connectivity index (χ4v) is 6.70. The van der Waals surface area contributed by atoms with Gasteiger partial charge in [0.15, 0.2) is 5.78 Å². The Hall–Kier alpha value is -4.15. The molecule has 10 heteroatoms. The molecule has 1 heterocycles. The van der Waals surface area contributed by atoms with Crippen molar-refractivity contribution >= 4 is 59.1 Å². The van der Waals surface area contributed by atoms with Crippen LogP contribution in [0.3, 0.4) is 0 Å². The molecular formula is C34H29ClN2O5S2. The van der Waals surface area contributed by atoms with E-state index < -0.39 is 28.5 Å². The fourth-order valence-electron chi connectivity index (χ4n) is 4.56. The molecule has 0 saturated carbocycles. The van der Waals surface area contributed by atoms with Gasteiger partial charge in [-0.1, -0.05) is 90.5 Å². The summed E-state index contributed by atoms with van der Waals surface area (Å²) in [6, 6.07) is 29.9. The number of carbonyl (C=O) groups is 2. The summed E-state index contributed by atoms with van der Waals surface area (Å²) in [5, 5.41) is 13.9. The summed E-state index contributed by atoms with van der Waals surface area (Å²) in [6.07, 6.45) is 5.12. The van der Waals surface area contributed by atoms with E-state index in [4.69, 9.17) is 16.3 Å². The maximum atomic E-state index is 13.3. The summed E-state index contributed by atoms with van der Waals surface area (Å²) in [5.74, 6) is -0.592. The van der Waals surface area contributed by atoms with Crippen molar-refractivity contribution in [2.24, 2.45) is 0 Å². The minimum absolute atomic E-state index is 0.150. The van der Waals surface area contributed by atoms with E-state index >= 15 is 0 Å². The first-order chi connectivity index (χ1) is 21.3. The summed E-state index contributed by atoms with van der Waals surface area (Å²) in [7, 11) is -1.75. The third-order valence-corrected chi connectivity index (χ3v) is 9.27. The van der Waals surface area contributed by atoms with E-state index in [1.807, 2.05) is 78.9 Å². The van der Waals surface area contributed by atoms with Crippen LogP contribution < -0.4 is 10.1 Å². The Labute approximate surface area is 268 Å². The fraction of sp³-hybridized carbons (Fsp3) is 0.118. The Bertz CT molecular complexity index is 1710. The number of carbonyl (C=O) groups excluding carboxylic acids is 1. The van der Waals surface area contributed by atoms with Crippen molar-refractivity contribution in [3.8, 4) is 5.75 Å². The molecule has 0 bridgehead atoms. The minimum atomic E-state index is -1.75. The number of halogens is 1. The first-order valence-electron chi connectivity index (χ1n) is 13.7. The molecule has 0 radical (unpaired) electrons. The maximum Gasteiger partial charge on any atom is 0.322 e. The van der Waals surface area contributed by atoms with Crippen molar-refractivity contribution < 1.29 is 23.6 Å². The van der Waals surface area contributed by atoms with Gasteiger partial charge in [0, 0.05) is 16.1 Å². The molecule has 1 saturated heterocycles. The van der Waals surface area contributed by atoms with Crippen molar-refractivity contribution in [3.05, 3.63) is 147 Å². The summed E-state index contributed by atoms with van der Waals surface area (Å²) in [6.45, 7) is 0.329. The molecule has 224 valence electrons. The Kier molecular flexibility index (Phi) is 10.3. The predicted octanol–water partition coefficient (Wildman–Crippen LogP) is 6.59. The minimum Gasteiger partial charge on any atom is -0.489 e. The zero-order valence-electron chi connectivity index (χ0n) is 23.4. The van der Waals surface area contributed by atoms with Crippen LogP contribution in [0.15, 0.2) is 114 Å². The molecule has 3 atom stereocenters. The first kappa shape index (κ1) is 31.3. The van der Waals surface area contributed by atoms with Crippen LogP contribution in [0.25, 0.3) is 12.2 Å². The number of hydrogen-bond donors (Lipinski definition) is 3. The highest BCUT2D eigenvalue weighted by Crippen LogP contribution is 2.27. The largest absolute Gasteiger partial charge is 0.489 e. The van der Waals surface area contributed by atoms with E-state index in [0.29, 0.717) is 28.0 Å². The van der Waals surface area contributed by atoms with Crippen LogP contribution in [0.5, 0.6) is 5.75 Å². The van der Waals surface area contributed by atoms with Crippen molar-refractivity contribution in [2.45, 2.75) is 24.6 Å². The summed E-state index contributed by atoms with van der Waals surface area (Å²) in [4.78, 5) is 24.8. The number of nitrogens with one attached hydrogen (secondary N) is 1. The zero-order chi connectivity index (χ0) is 31.1. The van der Waals surface area contributed by atoms with Gasteiger partial charge in [-0.15, -0.1) is 12.6 Å². The molecule has 0 amide bonds. The first-order valence-corrected chi connectivity index (χ1v) is 15.7. The van der Waals surface area contributed by atoms with Gasteiger partial charge in [-0.05, 0) is 65.6 Å². The second-order valence-corrected chi connectivity index (χ2v) is 12.2. The zero-order valence-corrected chi connectivity index (χ0v) is 25.8. The molecule has 5 rings (SSSR count). The van der Waals surface area contributed by atoms with Crippen LogP contribution in [-0.2, 0) is 28.8 Å². The second kappa shape index (κ2) is 14.5.